The van der Waals surface area contributed by atoms with Crippen molar-refractivity contribution in [2.24, 2.45) is 10.8 Å². The summed E-state index contributed by atoms with van der Waals surface area (Å²) in [5, 5.41) is 4.02. The highest BCUT2D eigenvalue weighted by Crippen LogP contribution is 2.31. The van der Waals surface area contributed by atoms with E-state index in [0.29, 0.717) is 6.61 Å². The number of benzene rings is 1. The average molecular weight is 381 g/mol. The van der Waals surface area contributed by atoms with Crippen molar-refractivity contribution in [3.63, 3.8) is 0 Å². The predicted molar refractivity (Wildman–Crippen MR) is 80.5 cm³/mol. The van der Waals surface area contributed by atoms with Crippen molar-refractivity contribution in [3.05, 3.63) is 26.6 Å². The highest BCUT2D eigenvalue weighted by molar-refractivity contribution is 9.11. The number of rotatable bonds is 4. The van der Waals surface area contributed by atoms with Gasteiger partial charge in [0.25, 0.3) is 0 Å². The minimum atomic E-state index is 0.119. The summed E-state index contributed by atoms with van der Waals surface area (Å²) in [5.41, 5.74) is 8.58. The Morgan fingerprint density at radius 1 is 1.59 bits per heavy atom. The summed E-state index contributed by atoms with van der Waals surface area (Å²) in [7, 11) is 0. The number of hydrogen-bond donors (Lipinski definition) is 2. The molecule has 0 aromatic heterocycles. The predicted octanol–water partition coefficient (Wildman–Crippen LogP) is 2.78. The van der Waals surface area contributed by atoms with Crippen LogP contribution >= 0.6 is 44.1 Å². The summed E-state index contributed by atoms with van der Waals surface area (Å²) in [4.78, 5) is 0. The molecule has 7 heteroatoms. The monoisotopic (exact) mass is 379 g/mol. The molecule has 0 heterocycles. The quantitative estimate of drug-likeness (QED) is 0.479. The van der Waals surface area contributed by atoms with Gasteiger partial charge in [0.2, 0.25) is 0 Å². The molecule has 1 aromatic rings. The summed E-state index contributed by atoms with van der Waals surface area (Å²) >= 11 is 11.5. The zero-order valence-electron chi connectivity index (χ0n) is 9.04. The van der Waals surface area contributed by atoms with Crippen LogP contribution in [-0.2, 0) is 0 Å². The van der Waals surface area contributed by atoms with Gasteiger partial charge in [-0.2, -0.15) is 5.10 Å². The highest BCUT2D eigenvalue weighted by atomic mass is 79.9. The third-order valence-corrected chi connectivity index (χ3v) is 2.84. The molecule has 0 aliphatic heterocycles. The molecule has 92 valence electrons. The lowest BCUT2D eigenvalue weighted by atomic mass is 10.2. The molecule has 0 unspecified atom stereocenters. The minimum absolute atomic E-state index is 0.119. The Morgan fingerprint density at radius 2 is 2.29 bits per heavy atom. The highest BCUT2D eigenvalue weighted by Gasteiger charge is 2.08. The van der Waals surface area contributed by atoms with E-state index in [9.17, 15) is 0 Å². The average Bonchev–Trinajstić information content (AvgIpc) is 2.22. The molecule has 0 aliphatic rings. The van der Waals surface area contributed by atoms with Gasteiger partial charge in [-0.15, -0.1) is 0 Å². The molecular weight excluding hydrogens is 370 g/mol. The molecule has 0 amide bonds. The largest absolute Gasteiger partial charge is 0.492 e. The number of halogens is 2. The third kappa shape index (κ3) is 4.61. The Bertz CT molecular complexity index is 451. The Kier molecular flexibility index (Phi) is 5.87. The van der Waals surface area contributed by atoms with Gasteiger partial charge in [0, 0.05) is 10.0 Å². The number of nitrogens with one attached hydrogen (secondary N) is 1. The van der Waals surface area contributed by atoms with Crippen molar-refractivity contribution in [1.82, 2.24) is 5.43 Å². The van der Waals surface area contributed by atoms with Gasteiger partial charge in [0.05, 0.1) is 17.3 Å². The zero-order chi connectivity index (χ0) is 12.8. The smallest absolute Gasteiger partial charge is 0.184 e. The van der Waals surface area contributed by atoms with Gasteiger partial charge in [-0.1, -0.05) is 15.9 Å². The van der Waals surface area contributed by atoms with Gasteiger partial charge in [-0.25, -0.2) is 0 Å². The van der Waals surface area contributed by atoms with Crippen LogP contribution in [0.1, 0.15) is 12.5 Å². The Balaban J connectivity index is 3.02. The summed E-state index contributed by atoms with van der Waals surface area (Å²) in [6, 6.07) is 3.80. The molecule has 3 N–H and O–H groups in total. The van der Waals surface area contributed by atoms with Crippen LogP contribution in [0.3, 0.4) is 0 Å². The number of nitrogens with zero attached hydrogens (tertiary/aromatic N) is 1. The number of nitrogens with two attached hydrogens (primary N) is 1. The maximum atomic E-state index is 5.53. The summed E-state index contributed by atoms with van der Waals surface area (Å²) < 4.78 is 7.30. The van der Waals surface area contributed by atoms with Crippen molar-refractivity contribution in [3.8, 4) is 5.75 Å². The second kappa shape index (κ2) is 6.93. The van der Waals surface area contributed by atoms with Crippen LogP contribution in [0.5, 0.6) is 5.75 Å². The molecule has 1 rings (SSSR count). The van der Waals surface area contributed by atoms with E-state index in [1.54, 1.807) is 6.21 Å². The van der Waals surface area contributed by atoms with E-state index >= 15 is 0 Å². The first-order valence-corrected chi connectivity index (χ1v) is 6.74. The fourth-order valence-corrected chi connectivity index (χ4v) is 2.56. The first kappa shape index (κ1) is 14.4. The van der Waals surface area contributed by atoms with Crippen LogP contribution in [0.25, 0.3) is 0 Å². The molecule has 4 nitrogen and oxygen atoms in total. The number of thiocarbonyl (C=S) groups is 1. The normalized spacial score (nSPS) is 10.5. The lowest BCUT2D eigenvalue weighted by Gasteiger charge is -2.09. The number of hydrazone groups is 1. The number of ether oxygens (including phenoxy) is 1. The second-order valence-electron chi connectivity index (χ2n) is 2.97. The van der Waals surface area contributed by atoms with E-state index < -0.39 is 0 Å². The van der Waals surface area contributed by atoms with Crippen molar-refractivity contribution in [1.29, 1.82) is 0 Å². The fourth-order valence-electron chi connectivity index (χ4n) is 1.14. The minimum Gasteiger partial charge on any atom is -0.492 e. The van der Waals surface area contributed by atoms with Crippen molar-refractivity contribution in [2.45, 2.75) is 6.92 Å². The van der Waals surface area contributed by atoms with Gasteiger partial charge >= 0.3 is 0 Å². The van der Waals surface area contributed by atoms with E-state index in [0.717, 1.165) is 20.3 Å². The van der Waals surface area contributed by atoms with Crippen LogP contribution in [-0.4, -0.2) is 17.9 Å². The molecule has 0 fully saturated rings. The first-order valence-electron chi connectivity index (χ1n) is 4.75. The molecule has 0 bridgehead atoms. The van der Waals surface area contributed by atoms with Crippen molar-refractivity contribution in [2.75, 3.05) is 6.61 Å². The Morgan fingerprint density at radius 3 is 2.88 bits per heavy atom. The van der Waals surface area contributed by atoms with Crippen molar-refractivity contribution < 1.29 is 4.74 Å². The fraction of sp³-hybridized carbons (Fsp3) is 0.200. The van der Waals surface area contributed by atoms with E-state index in [2.05, 4.69) is 54.6 Å². The maximum absolute atomic E-state index is 5.53. The van der Waals surface area contributed by atoms with Gasteiger partial charge in [0.15, 0.2) is 5.11 Å². The number of hydrogen-bond acceptors (Lipinski definition) is 3. The SMILES string of the molecule is CCOc1c(Br)cc(Br)cc1C=NNC(N)=S. The van der Waals surface area contributed by atoms with E-state index in [1.807, 2.05) is 19.1 Å². The van der Waals surface area contributed by atoms with Gasteiger partial charge in [0.1, 0.15) is 5.75 Å². The molecule has 0 saturated heterocycles. The lowest BCUT2D eigenvalue weighted by Crippen LogP contribution is -2.24. The molecule has 0 radical (unpaired) electrons. The van der Waals surface area contributed by atoms with Crippen LogP contribution < -0.4 is 15.9 Å². The van der Waals surface area contributed by atoms with E-state index in [4.69, 9.17) is 10.5 Å². The standard InChI is InChI=1S/C10H11Br2N3OS/c1-2-16-9-6(5-14-15-10(13)17)3-7(11)4-8(9)12/h3-5H,2H2,1H3,(H3,13,15,17). The van der Waals surface area contributed by atoms with Gasteiger partial charge in [-0.3, -0.25) is 5.43 Å². The van der Waals surface area contributed by atoms with Crippen LogP contribution in [0.4, 0.5) is 0 Å². The summed E-state index contributed by atoms with van der Waals surface area (Å²) in [6.45, 7) is 2.49. The molecule has 0 spiro atoms. The third-order valence-electron chi connectivity index (χ3n) is 1.70. The van der Waals surface area contributed by atoms with Crippen LogP contribution in [0, 0.1) is 0 Å². The molecular formula is C10H11Br2N3OS. The lowest BCUT2D eigenvalue weighted by molar-refractivity contribution is 0.337. The molecule has 1 aromatic carbocycles. The molecule has 0 saturated carbocycles. The first-order chi connectivity index (χ1) is 8.04. The Labute approximate surface area is 122 Å². The Hall–Kier alpha value is -0.660. The van der Waals surface area contributed by atoms with Gasteiger partial charge < -0.3 is 10.5 Å². The molecule has 17 heavy (non-hydrogen) atoms. The van der Waals surface area contributed by atoms with Crippen molar-refractivity contribution >= 4 is 55.4 Å². The molecule has 0 aliphatic carbocycles. The summed E-state index contributed by atoms with van der Waals surface area (Å²) in [5.74, 6) is 0.726. The van der Waals surface area contributed by atoms with E-state index in [1.165, 1.54) is 0 Å². The second-order valence-corrected chi connectivity index (χ2v) is 5.18. The van der Waals surface area contributed by atoms with Gasteiger partial charge in [-0.05, 0) is 47.2 Å². The molecule has 0 atom stereocenters. The topological polar surface area (TPSA) is 59.6 Å². The zero-order valence-corrected chi connectivity index (χ0v) is 13.0. The van der Waals surface area contributed by atoms with Crippen LogP contribution in [0.15, 0.2) is 26.2 Å². The maximum Gasteiger partial charge on any atom is 0.184 e. The summed E-state index contributed by atoms with van der Waals surface area (Å²) in [6.07, 6.45) is 1.60. The van der Waals surface area contributed by atoms with E-state index in [-0.39, 0.29) is 5.11 Å². The van der Waals surface area contributed by atoms with Crippen LogP contribution in [0.2, 0.25) is 0 Å².